The molecule has 1 aromatic heterocycles. The molecule has 0 saturated heterocycles. The molecule has 8 heteroatoms. The molecular formula is C21H23F3N4O. The van der Waals surface area contributed by atoms with Crippen molar-refractivity contribution in [2.24, 2.45) is 0 Å². The summed E-state index contributed by atoms with van der Waals surface area (Å²) < 4.78 is 43.6. The summed E-state index contributed by atoms with van der Waals surface area (Å²) in [5.74, 6) is -1.95. The lowest BCUT2D eigenvalue weighted by molar-refractivity contribution is -0.0315. The number of hydrogen-bond donors (Lipinski definition) is 1. The van der Waals surface area contributed by atoms with Gasteiger partial charge in [0, 0.05) is 36.3 Å². The Hall–Kier alpha value is -2.71. The van der Waals surface area contributed by atoms with Gasteiger partial charge in [-0.05, 0) is 26.0 Å². The molecule has 1 N–H and O–H groups in total. The van der Waals surface area contributed by atoms with Crippen molar-refractivity contribution in [1.82, 2.24) is 19.7 Å². The molecule has 0 bridgehead atoms. The van der Waals surface area contributed by atoms with Gasteiger partial charge in [-0.25, -0.2) is 22.8 Å². The van der Waals surface area contributed by atoms with Crippen molar-refractivity contribution in [3.63, 3.8) is 0 Å². The minimum atomic E-state index is -1.75. The molecule has 1 heterocycles. The Kier molecular flexibility index (Phi) is 6.34. The number of hydrogen-bond acceptors (Lipinski definition) is 4. The molecule has 0 aliphatic carbocycles. The Morgan fingerprint density at radius 1 is 1.10 bits per heavy atom. The summed E-state index contributed by atoms with van der Waals surface area (Å²) in [4.78, 5) is 5.69. The topological polar surface area (TPSA) is 54.2 Å². The minimum absolute atomic E-state index is 0.0264. The molecule has 3 aromatic rings. The molecule has 154 valence electrons. The van der Waals surface area contributed by atoms with Crippen LogP contribution in [0.15, 0.2) is 55.1 Å². The fourth-order valence-electron chi connectivity index (χ4n) is 3.27. The van der Waals surface area contributed by atoms with E-state index in [-0.39, 0.29) is 37.1 Å². The van der Waals surface area contributed by atoms with Crippen LogP contribution in [0.3, 0.4) is 0 Å². The molecule has 1 unspecified atom stereocenters. The summed E-state index contributed by atoms with van der Waals surface area (Å²) in [6, 6.07) is 9.35. The van der Waals surface area contributed by atoms with Gasteiger partial charge in [0.05, 0.1) is 6.54 Å². The maximum atomic E-state index is 14.6. The third-order valence-electron chi connectivity index (χ3n) is 4.85. The van der Waals surface area contributed by atoms with Crippen LogP contribution in [0, 0.1) is 17.5 Å². The average molecular weight is 404 g/mol. The van der Waals surface area contributed by atoms with E-state index in [1.165, 1.54) is 29.5 Å². The van der Waals surface area contributed by atoms with E-state index in [0.717, 1.165) is 12.1 Å². The molecule has 29 heavy (non-hydrogen) atoms. The largest absolute Gasteiger partial charge is 0.382 e. The van der Waals surface area contributed by atoms with Crippen molar-refractivity contribution < 1.29 is 18.3 Å². The van der Waals surface area contributed by atoms with Gasteiger partial charge in [0.25, 0.3) is 0 Å². The Bertz CT molecular complexity index is 949. The molecule has 0 fully saturated rings. The van der Waals surface area contributed by atoms with E-state index >= 15 is 0 Å². The monoisotopic (exact) mass is 404 g/mol. The Morgan fingerprint density at radius 2 is 1.86 bits per heavy atom. The van der Waals surface area contributed by atoms with Crippen LogP contribution in [0.4, 0.5) is 13.2 Å². The average Bonchev–Trinajstić information content (AvgIpc) is 3.15. The lowest BCUT2D eigenvalue weighted by Crippen LogP contribution is -2.46. The van der Waals surface area contributed by atoms with Gasteiger partial charge >= 0.3 is 0 Å². The van der Waals surface area contributed by atoms with Crippen LogP contribution >= 0.6 is 0 Å². The van der Waals surface area contributed by atoms with Gasteiger partial charge < -0.3 is 5.11 Å². The number of benzene rings is 2. The molecule has 0 saturated carbocycles. The third kappa shape index (κ3) is 5.02. The summed E-state index contributed by atoms with van der Waals surface area (Å²) in [5.41, 5.74) is -1.35. The van der Waals surface area contributed by atoms with Crippen LogP contribution in [0.1, 0.15) is 25.0 Å². The molecule has 2 aromatic carbocycles. The molecule has 5 nitrogen and oxygen atoms in total. The molecule has 0 aliphatic heterocycles. The first-order valence-corrected chi connectivity index (χ1v) is 9.26. The zero-order chi connectivity index (χ0) is 21.0. The normalized spacial score (nSPS) is 13.8. The molecule has 1 atom stereocenters. The first-order valence-electron chi connectivity index (χ1n) is 9.26. The molecular weight excluding hydrogens is 381 g/mol. The van der Waals surface area contributed by atoms with E-state index in [0.29, 0.717) is 5.56 Å². The summed E-state index contributed by atoms with van der Waals surface area (Å²) in [6.07, 6.45) is 2.71. The van der Waals surface area contributed by atoms with Crippen LogP contribution in [-0.4, -0.2) is 37.4 Å². The Morgan fingerprint density at radius 3 is 2.48 bits per heavy atom. The molecule has 0 spiro atoms. The minimum Gasteiger partial charge on any atom is -0.382 e. The predicted molar refractivity (Wildman–Crippen MR) is 102 cm³/mol. The quantitative estimate of drug-likeness (QED) is 0.625. The van der Waals surface area contributed by atoms with E-state index in [1.54, 1.807) is 18.2 Å². The highest BCUT2D eigenvalue weighted by atomic mass is 19.1. The zero-order valence-electron chi connectivity index (χ0n) is 16.3. The van der Waals surface area contributed by atoms with Crippen LogP contribution < -0.4 is 0 Å². The van der Waals surface area contributed by atoms with Gasteiger partial charge in [0.2, 0.25) is 0 Å². The second-order valence-electron chi connectivity index (χ2n) is 7.34. The first kappa shape index (κ1) is 21.0. The van der Waals surface area contributed by atoms with Gasteiger partial charge in [-0.15, -0.1) is 0 Å². The fraction of sp³-hybridized carbons (Fsp3) is 0.333. The predicted octanol–water partition coefficient (Wildman–Crippen LogP) is 3.49. The number of aromatic nitrogens is 3. The number of nitrogens with zero attached hydrogens (tertiary/aromatic N) is 4. The SMILES string of the molecule is CC(C)N(Cc1ccccc1F)CC(O)(Cn1cncn1)c1ccc(F)cc1F. The number of aliphatic hydroxyl groups is 1. The Balaban J connectivity index is 1.96. The van der Waals surface area contributed by atoms with Gasteiger partial charge in [0.15, 0.2) is 0 Å². The van der Waals surface area contributed by atoms with E-state index in [2.05, 4.69) is 10.1 Å². The van der Waals surface area contributed by atoms with Crippen molar-refractivity contribution >= 4 is 0 Å². The van der Waals surface area contributed by atoms with Crippen molar-refractivity contribution in [3.8, 4) is 0 Å². The van der Waals surface area contributed by atoms with E-state index in [1.807, 2.05) is 18.7 Å². The van der Waals surface area contributed by atoms with Crippen LogP contribution in [-0.2, 0) is 18.7 Å². The van der Waals surface area contributed by atoms with Crippen LogP contribution in [0.2, 0.25) is 0 Å². The van der Waals surface area contributed by atoms with Crippen molar-refractivity contribution in [1.29, 1.82) is 0 Å². The zero-order valence-corrected chi connectivity index (χ0v) is 16.3. The van der Waals surface area contributed by atoms with Gasteiger partial charge in [-0.3, -0.25) is 4.90 Å². The molecule has 3 rings (SSSR count). The highest BCUT2D eigenvalue weighted by Gasteiger charge is 2.36. The lowest BCUT2D eigenvalue weighted by Gasteiger charge is -2.37. The van der Waals surface area contributed by atoms with Gasteiger partial charge in [0.1, 0.15) is 35.7 Å². The van der Waals surface area contributed by atoms with Gasteiger partial charge in [-0.1, -0.05) is 24.3 Å². The van der Waals surface area contributed by atoms with Crippen molar-refractivity contribution in [3.05, 3.63) is 83.7 Å². The van der Waals surface area contributed by atoms with Crippen molar-refractivity contribution in [2.75, 3.05) is 6.54 Å². The number of halogens is 3. The maximum absolute atomic E-state index is 14.6. The Labute approximate surface area is 167 Å². The van der Waals surface area contributed by atoms with Crippen molar-refractivity contribution in [2.45, 2.75) is 38.6 Å². The summed E-state index contributed by atoms with van der Waals surface area (Å²) in [6.45, 7) is 3.89. The maximum Gasteiger partial charge on any atom is 0.137 e. The van der Waals surface area contributed by atoms with E-state index in [4.69, 9.17) is 0 Å². The second kappa shape index (κ2) is 8.75. The summed E-state index contributed by atoms with van der Waals surface area (Å²) in [5, 5.41) is 15.5. The highest BCUT2D eigenvalue weighted by molar-refractivity contribution is 5.26. The van der Waals surface area contributed by atoms with Crippen LogP contribution in [0.5, 0.6) is 0 Å². The second-order valence-corrected chi connectivity index (χ2v) is 7.34. The van der Waals surface area contributed by atoms with E-state index < -0.39 is 17.2 Å². The van der Waals surface area contributed by atoms with Gasteiger partial charge in [-0.2, -0.15) is 5.10 Å². The molecule has 0 amide bonds. The number of rotatable bonds is 8. The lowest BCUT2D eigenvalue weighted by atomic mass is 9.91. The molecule has 0 radical (unpaired) electrons. The summed E-state index contributed by atoms with van der Waals surface area (Å²) in [7, 11) is 0. The highest BCUT2D eigenvalue weighted by Crippen LogP contribution is 2.29. The summed E-state index contributed by atoms with van der Waals surface area (Å²) >= 11 is 0. The first-order chi connectivity index (χ1) is 13.8. The fourth-order valence-corrected chi connectivity index (χ4v) is 3.27. The standard InChI is InChI=1S/C21H23F3N4O/c1-15(2)27(10-16-5-3-4-6-19(16)23)11-21(29,12-28-14-25-13-26-28)18-8-7-17(22)9-20(18)24/h3-9,13-15,29H,10-12H2,1-2H3. The van der Waals surface area contributed by atoms with Crippen LogP contribution in [0.25, 0.3) is 0 Å². The molecule has 0 aliphatic rings. The third-order valence-corrected chi connectivity index (χ3v) is 4.85. The smallest absolute Gasteiger partial charge is 0.137 e. The van der Waals surface area contributed by atoms with E-state index in [9.17, 15) is 18.3 Å².